The van der Waals surface area contributed by atoms with E-state index in [1.165, 1.54) is 38.5 Å². The van der Waals surface area contributed by atoms with E-state index in [2.05, 4.69) is 17.2 Å². The summed E-state index contributed by atoms with van der Waals surface area (Å²) in [5.74, 6) is 3.54. The summed E-state index contributed by atoms with van der Waals surface area (Å²) in [5, 5.41) is 4.29. The molecule has 4 heteroatoms. The Labute approximate surface area is 131 Å². The van der Waals surface area contributed by atoms with Crippen LogP contribution in [0.25, 0.3) is 0 Å². The average Bonchev–Trinajstić information content (AvgIpc) is 2.35. The maximum Gasteiger partial charge on any atom is 0.224 e. The molecule has 3 nitrogen and oxygen atoms in total. The zero-order valence-electron chi connectivity index (χ0n) is 12.7. The number of hydrogen-bond acceptors (Lipinski definition) is 3. The molecule has 4 saturated carbocycles. The van der Waals surface area contributed by atoms with E-state index in [-0.39, 0.29) is 5.54 Å². The maximum atomic E-state index is 6.18. The normalized spacial score (nSPS) is 37.0. The van der Waals surface area contributed by atoms with Crippen LogP contribution in [0.5, 0.6) is 0 Å². The van der Waals surface area contributed by atoms with Crippen molar-refractivity contribution in [3.63, 3.8) is 0 Å². The predicted octanol–water partition coefficient (Wildman–Crippen LogP) is 4.46. The summed E-state index contributed by atoms with van der Waals surface area (Å²) in [6, 6.07) is 1.90. The van der Waals surface area contributed by atoms with Gasteiger partial charge in [0.05, 0.1) is 0 Å². The molecule has 114 valence electrons. The van der Waals surface area contributed by atoms with Gasteiger partial charge < -0.3 is 5.32 Å². The minimum absolute atomic E-state index is 0.253. The Morgan fingerprint density at radius 2 is 1.76 bits per heavy atom. The molecule has 1 N–H and O–H groups in total. The predicted molar refractivity (Wildman–Crippen MR) is 85.6 cm³/mol. The van der Waals surface area contributed by atoms with Crippen molar-refractivity contribution in [3.05, 3.63) is 16.9 Å². The molecule has 21 heavy (non-hydrogen) atoms. The third kappa shape index (κ3) is 2.65. The lowest BCUT2D eigenvalue weighted by atomic mass is 9.53. The second kappa shape index (κ2) is 5.12. The zero-order valence-corrected chi connectivity index (χ0v) is 13.5. The molecule has 0 unspecified atom stereocenters. The van der Waals surface area contributed by atoms with E-state index in [4.69, 9.17) is 16.6 Å². The van der Waals surface area contributed by atoms with Crippen LogP contribution >= 0.6 is 11.6 Å². The Balaban J connectivity index is 1.58. The van der Waals surface area contributed by atoms with Crippen LogP contribution in [0.3, 0.4) is 0 Å². The molecule has 0 atom stereocenters. The first kappa shape index (κ1) is 13.8. The minimum atomic E-state index is 0.253. The standard InChI is InChI=1S/C17H24ClN3/c1-2-3-14-7-15(18)20-16(19-14)21-17-8-11-4-12(9-17)6-13(5-11)10-17/h7,11-13H,2-6,8-10H2,1H3,(H,19,20,21). The number of nitrogens with zero attached hydrogens (tertiary/aromatic N) is 2. The van der Waals surface area contributed by atoms with Crippen LogP contribution < -0.4 is 5.32 Å². The third-order valence-electron chi connectivity index (χ3n) is 5.67. The van der Waals surface area contributed by atoms with Crippen LogP contribution in [0.15, 0.2) is 6.07 Å². The van der Waals surface area contributed by atoms with Gasteiger partial charge in [0, 0.05) is 11.2 Å². The van der Waals surface area contributed by atoms with Gasteiger partial charge in [0.1, 0.15) is 5.15 Å². The Kier molecular flexibility index (Phi) is 3.36. The molecule has 0 amide bonds. The maximum absolute atomic E-state index is 6.18. The molecule has 0 saturated heterocycles. The number of anilines is 1. The lowest BCUT2D eigenvalue weighted by Crippen LogP contribution is -2.55. The van der Waals surface area contributed by atoms with Crippen molar-refractivity contribution in [3.8, 4) is 0 Å². The smallest absolute Gasteiger partial charge is 0.224 e. The molecule has 0 aliphatic heterocycles. The molecule has 1 aromatic heterocycles. The molecule has 0 radical (unpaired) electrons. The molecule has 1 heterocycles. The first-order valence-electron chi connectivity index (χ1n) is 8.46. The van der Waals surface area contributed by atoms with Crippen molar-refractivity contribution < 1.29 is 0 Å². The van der Waals surface area contributed by atoms with Gasteiger partial charge in [0.15, 0.2) is 0 Å². The van der Waals surface area contributed by atoms with Gasteiger partial charge in [0.25, 0.3) is 0 Å². The van der Waals surface area contributed by atoms with Crippen LogP contribution in [0.1, 0.15) is 57.6 Å². The van der Waals surface area contributed by atoms with E-state index in [9.17, 15) is 0 Å². The zero-order chi connectivity index (χ0) is 14.4. The molecule has 0 spiro atoms. The van der Waals surface area contributed by atoms with Crippen molar-refractivity contribution in [2.75, 3.05) is 5.32 Å². The molecule has 4 fully saturated rings. The summed E-state index contributed by atoms with van der Waals surface area (Å²) in [6.45, 7) is 2.17. The van der Waals surface area contributed by atoms with Gasteiger partial charge in [0.2, 0.25) is 5.95 Å². The Bertz CT molecular complexity index is 508. The highest BCUT2D eigenvalue weighted by atomic mass is 35.5. The van der Waals surface area contributed by atoms with Crippen molar-refractivity contribution in [2.24, 2.45) is 17.8 Å². The van der Waals surface area contributed by atoms with Gasteiger partial charge in [-0.05, 0) is 68.8 Å². The molecular weight excluding hydrogens is 282 g/mol. The third-order valence-corrected chi connectivity index (χ3v) is 5.86. The van der Waals surface area contributed by atoms with Crippen LogP contribution in [0, 0.1) is 17.8 Å². The second-order valence-electron chi connectivity index (χ2n) is 7.58. The van der Waals surface area contributed by atoms with Crippen LogP contribution in [-0.4, -0.2) is 15.5 Å². The minimum Gasteiger partial charge on any atom is -0.349 e. The van der Waals surface area contributed by atoms with Crippen molar-refractivity contribution in [1.82, 2.24) is 9.97 Å². The molecule has 4 aliphatic rings. The van der Waals surface area contributed by atoms with Crippen molar-refractivity contribution in [2.45, 2.75) is 63.8 Å². The monoisotopic (exact) mass is 305 g/mol. The number of rotatable bonds is 4. The summed E-state index contributed by atoms with van der Waals surface area (Å²) in [6.07, 6.45) is 10.3. The topological polar surface area (TPSA) is 37.8 Å². The Hall–Kier alpha value is -0.830. The number of nitrogens with one attached hydrogen (secondary N) is 1. The van der Waals surface area contributed by atoms with E-state index in [0.29, 0.717) is 5.15 Å². The fraction of sp³-hybridized carbons (Fsp3) is 0.765. The van der Waals surface area contributed by atoms with Gasteiger partial charge in [-0.15, -0.1) is 0 Å². The quantitative estimate of drug-likeness (QED) is 0.834. The summed E-state index contributed by atoms with van der Waals surface area (Å²) in [5.41, 5.74) is 1.31. The van der Waals surface area contributed by atoms with Gasteiger partial charge in [-0.25, -0.2) is 9.97 Å². The highest BCUT2D eigenvalue weighted by Crippen LogP contribution is 2.56. The van der Waals surface area contributed by atoms with Crippen LogP contribution in [0.2, 0.25) is 5.15 Å². The van der Waals surface area contributed by atoms with Crippen molar-refractivity contribution >= 4 is 17.5 Å². The highest BCUT2D eigenvalue weighted by Gasteiger charge is 2.51. The first-order valence-corrected chi connectivity index (χ1v) is 8.83. The van der Waals surface area contributed by atoms with Gasteiger partial charge >= 0.3 is 0 Å². The fourth-order valence-corrected chi connectivity index (χ4v) is 5.61. The van der Waals surface area contributed by atoms with Crippen LogP contribution in [-0.2, 0) is 6.42 Å². The summed E-state index contributed by atoms with van der Waals surface area (Å²) >= 11 is 6.18. The molecule has 5 rings (SSSR count). The van der Waals surface area contributed by atoms with E-state index >= 15 is 0 Å². The summed E-state index contributed by atoms with van der Waals surface area (Å²) in [4.78, 5) is 9.13. The lowest BCUT2D eigenvalue weighted by molar-refractivity contribution is 0.0103. The van der Waals surface area contributed by atoms with Gasteiger partial charge in [-0.1, -0.05) is 24.9 Å². The van der Waals surface area contributed by atoms with Gasteiger partial charge in [-0.2, -0.15) is 0 Å². The Morgan fingerprint density at radius 1 is 1.14 bits per heavy atom. The van der Waals surface area contributed by atoms with E-state index in [1.54, 1.807) is 0 Å². The Morgan fingerprint density at radius 3 is 2.33 bits per heavy atom. The number of aryl methyl sites for hydroxylation is 1. The lowest BCUT2D eigenvalue weighted by Gasteiger charge is -2.56. The SMILES string of the molecule is CCCc1cc(Cl)nc(NC23CC4CC(CC(C4)C2)C3)n1. The molecular formula is C17H24ClN3. The van der Waals surface area contributed by atoms with E-state index in [1.807, 2.05) is 6.07 Å². The summed E-state index contributed by atoms with van der Waals surface area (Å²) < 4.78 is 0. The first-order chi connectivity index (χ1) is 10.1. The molecule has 4 bridgehead atoms. The van der Waals surface area contributed by atoms with Crippen molar-refractivity contribution in [1.29, 1.82) is 0 Å². The summed E-state index contributed by atoms with van der Waals surface area (Å²) in [7, 11) is 0. The number of hydrogen-bond donors (Lipinski definition) is 1. The van der Waals surface area contributed by atoms with Crippen LogP contribution in [0.4, 0.5) is 5.95 Å². The molecule has 4 aliphatic carbocycles. The highest BCUT2D eigenvalue weighted by molar-refractivity contribution is 6.29. The average molecular weight is 306 g/mol. The number of halogens is 1. The largest absolute Gasteiger partial charge is 0.349 e. The second-order valence-corrected chi connectivity index (χ2v) is 7.97. The van der Waals surface area contributed by atoms with E-state index in [0.717, 1.165) is 42.2 Å². The molecule has 0 aromatic carbocycles. The molecule has 1 aromatic rings. The fourth-order valence-electron chi connectivity index (χ4n) is 5.41. The van der Waals surface area contributed by atoms with E-state index < -0.39 is 0 Å². The number of aromatic nitrogens is 2. The van der Waals surface area contributed by atoms with Gasteiger partial charge in [-0.3, -0.25) is 0 Å².